The molecule has 5 heteroatoms. The van der Waals surface area contributed by atoms with E-state index in [0.717, 1.165) is 18.8 Å². The van der Waals surface area contributed by atoms with E-state index in [1.165, 1.54) is 19.3 Å². The molecule has 0 radical (unpaired) electrons. The predicted octanol–water partition coefficient (Wildman–Crippen LogP) is 1.97. The zero-order chi connectivity index (χ0) is 13.0. The van der Waals surface area contributed by atoms with Gasteiger partial charge in [0.05, 0.1) is 0 Å². The van der Waals surface area contributed by atoms with Crippen LogP contribution in [0.25, 0.3) is 0 Å². The van der Waals surface area contributed by atoms with Crippen LogP contribution in [0.1, 0.15) is 38.4 Å². The van der Waals surface area contributed by atoms with Crippen LogP contribution in [0.4, 0.5) is 11.6 Å². The molecule has 1 aromatic heterocycles. The summed E-state index contributed by atoms with van der Waals surface area (Å²) in [4.78, 5) is 11.1. The first-order valence-electron chi connectivity index (χ1n) is 6.63. The summed E-state index contributed by atoms with van der Waals surface area (Å²) < 4.78 is 5.08. The second-order valence-corrected chi connectivity index (χ2v) is 4.75. The van der Waals surface area contributed by atoms with Gasteiger partial charge in [0.15, 0.2) is 5.82 Å². The highest BCUT2D eigenvalue weighted by molar-refractivity contribution is 5.48. The van der Waals surface area contributed by atoms with Crippen LogP contribution in [0.15, 0.2) is 6.07 Å². The number of methoxy groups -OCH3 is 1. The Morgan fingerprint density at radius 2 is 2.28 bits per heavy atom. The number of ether oxygens (including phenoxy) is 1. The largest absolute Gasteiger partial charge is 0.384 e. The third-order valence-electron chi connectivity index (χ3n) is 3.44. The topological polar surface area (TPSA) is 64.3 Å². The molecule has 2 N–H and O–H groups in total. The minimum Gasteiger partial charge on any atom is -0.384 e. The van der Waals surface area contributed by atoms with E-state index in [1.54, 1.807) is 7.11 Å². The number of anilines is 2. The summed E-state index contributed by atoms with van der Waals surface area (Å²) in [7, 11) is 1.64. The van der Waals surface area contributed by atoms with E-state index < -0.39 is 0 Å². The van der Waals surface area contributed by atoms with Gasteiger partial charge >= 0.3 is 0 Å². The Hall–Kier alpha value is -1.36. The van der Waals surface area contributed by atoms with E-state index >= 15 is 0 Å². The zero-order valence-electron chi connectivity index (χ0n) is 11.2. The molecule has 1 fully saturated rings. The SMILES string of the molecule is CCC1CCCCN1c1cc(N)nc(COC)n1. The standard InChI is InChI=1S/C13H22N4O/c1-3-10-6-4-5-7-17(10)13-8-11(14)15-12(16-13)9-18-2/h8,10H,3-7,9H2,1-2H3,(H2,14,15,16). The first kappa shape index (κ1) is 13.1. The molecule has 18 heavy (non-hydrogen) atoms. The van der Waals surface area contributed by atoms with Crippen LogP contribution in [0.5, 0.6) is 0 Å². The van der Waals surface area contributed by atoms with Gasteiger partial charge in [-0.1, -0.05) is 6.92 Å². The van der Waals surface area contributed by atoms with Gasteiger partial charge in [-0.2, -0.15) is 0 Å². The van der Waals surface area contributed by atoms with E-state index in [0.29, 0.717) is 24.3 Å². The van der Waals surface area contributed by atoms with Gasteiger partial charge in [-0.3, -0.25) is 0 Å². The third kappa shape index (κ3) is 2.90. The van der Waals surface area contributed by atoms with Crippen molar-refractivity contribution in [1.82, 2.24) is 9.97 Å². The highest BCUT2D eigenvalue weighted by Crippen LogP contribution is 2.25. The molecule has 0 bridgehead atoms. The maximum Gasteiger partial charge on any atom is 0.158 e. The van der Waals surface area contributed by atoms with Gasteiger partial charge in [0.2, 0.25) is 0 Å². The van der Waals surface area contributed by atoms with Crippen LogP contribution < -0.4 is 10.6 Å². The van der Waals surface area contributed by atoms with Crippen molar-refractivity contribution in [3.63, 3.8) is 0 Å². The van der Waals surface area contributed by atoms with E-state index in [2.05, 4.69) is 21.8 Å². The van der Waals surface area contributed by atoms with E-state index in [1.807, 2.05) is 6.07 Å². The van der Waals surface area contributed by atoms with E-state index in [4.69, 9.17) is 10.5 Å². The minimum absolute atomic E-state index is 0.405. The lowest BCUT2D eigenvalue weighted by atomic mass is 10.00. The van der Waals surface area contributed by atoms with Crippen LogP contribution in [0, 0.1) is 0 Å². The Labute approximate surface area is 108 Å². The Kier molecular flexibility index (Phi) is 4.36. The van der Waals surface area contributed by atoms with Crippen molar-refractivity contribution in [3.05, 3.63) is 11.9 Å². The number of hydrogen-bond acceptors (Lipinski definition) is 5. The molecule has 1 aromatic rings. The Balaban J connectivity index is 2.24. The molecule has 1 aliphatic rings. The molecule has 0 amide bonds. The third-order valence-corrected chi connectivity index (χ3v) is 3.44. The van der Waals surface area contributed by atoms with E-state index in [-0.39, 0.29) is 0 Å². The molecular formula is C13H22N4O. The number of nitrogen functional groups attached to an aromatic ring is 1. The van der Waals surface area contributed by atoms with Gasteiger partial charge < -0.3 is 15.4 Å². The lowest BCUT2D eigenvalue weighted by Crippen LogP contribution is -2.39. The Bertz CT molecular complexity index is 397. The lowest BCUT2D eigenvalue weighted by Gasteiger charge is -2.36. The lowest BCUT2D eigenvalue weighted by molar-refractivity contribution is 0.178. The van der Waals surface area contributed by atoms with E-state index in [9.17, 15) is 0 Å². The number of rotatable bonds is 4. The second-order valence-electron chi connectivity index (χ2n) is 4.75. The molecule has 0 spiro atoms. The van der Waals surface area contributed by atoms with Crippen LogP contribution in [-0.4, -0.2) is 29.7 Å². The average Bonchev–Trinajstić information content (AvgIpc) is 2.38. The summed E-state index contributed by atoms with van der Waals surface area (Å²) >= 11 is 0. The molecule has 1 saturated heterocycles. The summed E-state index contributed by atoms with van der Waals surface area (Å²) in [5, 5.41) is 0. The van der Waals surface area contributed by atoms with Crippen molar-refractivity contribution < 1.29 is 4.74 Å². The molecule has 5 nitrogen and oxygen atoms in total. The average molecular weight is 250 g/mol. The molecule has 0 aliphatic carbocycles. The van der Waals surface area contributed by atoms with Crippen molar-refractivity contribution in [2.45, 2.75) is 45.3 Å². The predicted molar refractivity (Wildman–Crippen MR) is 72.4 cm³/mol. The van der Waals surface area contributed by atoms with Gasteiger partial charge in [0.25, 0.3) is 0 Å². The fraction of sp³-hybridized carbons (Fsp3) is 0.692. The molecule has 100 valence electrons. The normalized spacial score (nSPS) is 20.1. The van der Waals surface area contributed by atoms with Gasteiger partial charge in [0.1, 0.15) is 18.2 Å². The molecule has 2 rings (SSSR count). The smallest absolute Gasteiger partial charge is 0.158 e. The summed E-state index contributed by atoms with van der Waals surface area (Å²) in [6.07, 6.45) is 4.91. The van der Waals surface area contributed by atoms with Crippen molar-refractivity contribution in [2.75, 3.05) is 24.3 Å². The summed E-state index contributed by atoms with van der Waals surface area (Å²) in [6.45, 7) is 3.69. The van der Waals surface area contributed by atoms with Crippen molar-refractivity contribution in [3.8, 4) is 0 Å². The monoisotopic (exact) mass is 250 g/mol. The quantitative estimate of drug-likeness (QED) is 0.885. The Morgan fingerprint density at radius 3 is 3.00 bits per heavy atom. The highest BCUT2D eigenvalue weighted by Gasteiger charge is 2.22. The number of aromatic nitrogens is 2. The molecule has 0 saturated carbocycles. The molecule has 2 heterocycles. The van der Waals surface area contributed by atoms with Crippen molar-refractivity contribution in [2.24, 2.45) is 0 Å². The fourth-order valence-electron chi connectivity index (χ4n) is 2.57. The Morgan fingerprint density at radius 1 is 1.44 bits per heavy atom. The van der Waals surface area contributed by atoms with Crippen LogP contribution in [-0.2, 0) is 11.3 Å². The van der Waals surface area contributed by atoms with Crippen LogP contribution in [0.2, 0.25) is 0 Å². The number of piperidine rings is 1. The number of nitrogens with zero attached hydrogens (tertiary/aromatic N) is 3. The summed E-state index contributed by atoms with van der Waals surface area (Å²) in [5.74, 6) is 2.13. The molecule has 1 unspecified atom stereocenters. The van der Waals surface area contributed by atoms with Gasteiger partial charge in [-0.05, 0) is 25.7 Å². The second kappa shape index (κ2) is 6.00. The van der Waals surface area contributed by atoms with Gasteiger partial charge in [-0.25, -0.2) is 9.97 Å². The van der Waals surface area contributed by atoms with Crippen LogP contribution >= 0.6 is 0 Å². The molecular weight excluding hydrogens is 228 g/mol. The molecule has 1 atom stereocenters. The highest BCUT2D eigenvalue weighted by atomic mass is 16.5. The molecule has 0 aromatic carbocycles. The molecule has 1 aliphatic heterocycles. The zero-order valence-corrected chi connectivity index (χ0v) is 11.2. The minimum atomic E-state index is 0.405. The summed E-state index contributed by atoms with van der Waals surface area (Å²) in [6, 6.07) is 2.44. The maximum atomic E-state index is 5.85. The first-order chi connectivity index (χ1) is 8.74. The van der Waals surface area contributed by atoms with Crippen molar-refractivity contribution in [1.29, 1.82) is 0 Å². The first-order valence-corrected chi connectivity index (χ1v) is 6.63. The fourth-order valence-corrected chi connectivity index (χ4v) is 2.57. The van der Waals surface area contributed by atoms with Gasteiger partial charge in [0, 0.05) is 25.8 Å². The number of nitrogens with two attached hydrogens (primary N) is 1. The van der Waals surface area contributed by atoms with Gasteiger partial charge in [-0.15, -0.1) is 0 Å². The maximum absolute atomic E-state index is 5.85. The number of hydrogen-bond donors (Lipinski definition) is 1. The van der Waals surface area contributed by atoms with Crippen molar-refractivity contribution >= 4 is 11.6 Å². The summed E-state index contributed by atoms with van der Waals surface area (Å²) in [5.41, 5.74) is 5.85. The van der Waals surface area contributed by atoms with Crippen LogP contribution in [0.3, 0.4) is 0 Å².